The first kappa shape index (κ1) is 16.8. The molecule has 7 heteroatoms. The number of hydrogen-bond acceptors (Lipinski definition) is 2. The van der Waals surface area contributed by atoms with Crippen LogP contribution in [0.25, 0.3) is 0 Å². The quantitative estimate of drug-likeness (QED) is 0.782. The maximum atomic E-state index is 12.1. The molecule has 19 heavy (non-hydrogen) atoms. The lowest BCUT2D eigenvalue weighted by atomic mass is 9.75. The maximum Gasteiger partial charge on any atom is 0.390 e. The average Bonchev–Trinajstić information content (AvgIpc) is 2.36. The summed E-state index contributed by atoms with van der Waals surface area (Å²) in [6.45, 7) is 4.86. The van der Waals surface area contributed by atoms with E-state index >= 15 is 0 Å². The fraction of sp³-hybridized carbons (Fsp3) is 1.00. The molecule has 1 saturated heterocycles. The number of nitrogens with zero attached hydrogens (tertiary/aromatic N) is 1. The number of halogens is 3. The van der Waals surface area contributed by atoms with Crippen molar-refractivity contribution in [3.8, 4) is 0 Å². The minimum absolute atomic E-state index is 0.163. The van der Waals surface area contributed by atoms with Crippen LogP contribution in [0.5, 0.6) is 0 Å². The molecule has 1 aliphatic rings. The Morgan fingerprint density at radius 2 is 1.58 bits per heavy atom. The van der Waals surface area contributed by atoms with Gasteiger partial charge in [0.2, 0.25) is 10.0 Å². The molecule has 0 atom stereocenters. The third-order valence-corrected chi connectivity index (χ3v) is 6.19. The number of hydrogen-bond donors (Lipinski definition) is 0. The Kier molecular flexibility index (Phi) is 5.28. The lowest BCUT2D eigenvalue weighted by molar-refractivity contribution is -0.130. The SMILES string of the molecule is CCC1(CC)CCN(S(=O)(=O)CCC(F)(F)F)CC1. The van der Waals surface area contributed by atoms with Gasteiger partial charge >= 0.3 is 6.18 Å². The Morgan fingerprint density at radius 1 is 1.11 bits per heavy atom. The Hall–Kier alpha value is -0.300. The van der Waals surface area contributed by atoms with Gasteiger partial charge in [0, 0.05) is 13.1 Å². The molecular formula is C12H22F3NO2S. The average molecular weight is 301 g/mol. The van der Waals surface area contributed by atoms with Gasteiger partial charge in [0.25, 0.3) is 0 Å². The molecule has 0 aromatic carbocycles. The summed E-state index contributed by atoms with van der Waals surface area (Å²) in [5, 5.41) is 0. The van der Waals surface area contributed by atoms with Crippen molar-refractivity contribution in [3.63, 3.8) is 0 Å². The van der Waals surface area contributed by atoms with Crippen molar-refractivity contribution in [2.24, 2.45) is 5.41 Å². The van der Waals surface area contributed by atoms with Gasteiger partial charge in [-0.05, 0) is 18.3 Å². The zero-order valence-corrected chi connectivity index (χ0v) is 12.3. The van der Waals surface area contributed by atoms with E-state index in [-0.39, 0.29) is 5.41 Å². The van der Waals surface area contributed by atoms with Gasteiger partial charge in [0.1, 0.15) is 0 Å². The third kappa shape index (κ3) is 4.63. The summed E-state index contributed by atoms with van der Waals surface area (Å²) in [6, 6.07) is 0. The van der Waals surface area contributed by atoms with Crippen molar-refractivity contribution in [3.05, 3.63) is 0 Å². The molecule has 0 N–H and O–H groups in total. The van der Waals surface area contributed by atoms with Crippen molar-refractivity contribution in [1.82, 2.24) is 4.31 Å². The Morgan fingerprint density at radius 3 is 1.95 bits per heavy atom. The highest BCUT2D eigenvalue weighted by molar-refractivity contribution is 7.89. The second-order valence-corrected chi connectivity index (χ2v) is 7.38. The van der Waals surface area contributed by atoms with Crippen molar-refractivity contribution in [2.75, 3.05) is 18.8 Å². The van der Waals surface area contributed by atoms with Crippen LogP contribution in [0.3, 0.4) is 0 Å². The zero-order chi connectivity index (χ0) is 14.7. The van der Waals surface area contributed by atoms with Crippen molar-refractivity contribution in [1.29, 1.82) is 0 Å². The van der Waals surface area contributed by atoms with Crippen LogP contribution in [-0.2, 0) is 10.0 Å². The highest BCUT2D eigenvalue weighted by Crippen LogP contribution is 2.38. The van der Waals surface area contributed by atoms with E-state index in [4.69, 9.17) is 0 Å². The minimum atomic E-state index is -4.42. The maximum absolute atomic E-state index is 12.1. The fourth-order valence-corrected chi connectivity index (χ4v) is 4.06. The van der Waals surface area contributed by atoms with Crippen LogP contribution < -0.4 is 0 Å². The topological polar surface area (TPSA) is 37.4 Å². The smallest absolute Gasteiger partial charge is 0.212 e. The molecule has 0 saturated carbocycles. The zero-order valence-electron chi connectivity index (χ0n) is 11.5. The molecule has 0 aromatic heterocycles. The van der Waals surface area contributed by atoms with Crippen LogP contribution in [0, 0.1) is 5.41 Å². The Bertz CT molecular complexity index is 378. The molecule has 114 valence electrons. The summed E-state index contributed by atoms with van der Waals surface area (Å²) < 4.78 is 61.2. The normalized spacial score (nSPS) is 21.5. The van der Waals surface area contributed by atoms with Crippen molar-refractivity contribution >= 4 is 10.0 Å². The van der Waals surface area contributed by atoms with Gasteiger partial charge in [-0.25, -0.2) is 12.7 Å². The van der Waals surface area contributed by atoms with Crippen LogP contribution in [0.2, 0.25) is 0 Å². The van der Waals surface area contributed by atoms with Gasteiger partial charge in [-0.15, -0.1) is 0 Å². The van der Waals surface area contributed by atoms with E-state index in [1.54, 1.807) is 0 Å². The first-order valence-corrected chi connectivity index (χ1v) is 8.30. The Labute approximate surface area is 113 Å². The summed E-state index contributed by atoms with van der Waals surface area (Å²) >= 11 is 0. The summed E-state index contributed by atoms with van der Waals surface area (Å²) in [7, 11) is -3.77. The van der Waals surface area contributed by atoms with Gasteiger partial charge in [0.15, 0.2) is 0 Å². The van der Waals surface area contributed by atoms with Gasteiger partial charge < -0.3 is 0 Å². The lowest BCUT2D eigenvalue weighted by Crippen LogP contribution is -2.44. The van der Waals surface area contributed by atoms with Crippen molar-refractivity contribution < 1.29 is 21.6 Å². The molecule has 1 aliphatic heterocycles. The molecule has 0 unspecified atom stereocenters. The third-order valence-electron chi connectivity index (χ3n) is 4.32. The van der Waals surface area contributed by atoms with Crippen LogP contribution in [0.1, 0.15) is 46.0 Å². The highest BCUT2D eigenvalue weighted by atomic mass is 32.2. The second kappa shape index (κ2) is 5.99. The molecular weight excluding hydrogens is 279 g/mol. The molecule has 0 amide bonds. The van der Waals surface area contributed by atoms with Gasteiger partial charge in [-0.3, -0.25) is 0 Å². The molecule has 0 aliphatic carbocycles. The first-order chi connectivity index (χ1) is 8.64. The number of rotatable bonds is 5. The highest BCUT2D eigenvalue weighted by Gasteiger charge is 2.37. The summed E-state index contributed by atoms with van der Waals surface area (Å²) in [5.41, 5.74) is 0.163. The van der Waals surface area contributed by atoms with Crippen LogP contribution in [0.15, 0.2) is 0 Å². The van der Waals surface area contributed by atoms with Gasteiger partial charge in [-0.1, -0.05) is 26.7 Å². The Balaban J connectivity index is 2.59. The lowest BCUT2D eigenvalue weighted by Gasteiger charge is -2.40. The molecule has 0 aromatic rings. The van der Waals surface area contributed by atoms with E-state index < -0.39 is 28.4 Å². The molecule has 1 rings (SSSR count). The van der Waals surface area contributed by atoms with E-state index in [2.05, 4.69) is 13.8 Å². The number of piperidine rings is 1. The predicted octanol–water partition coefficient (Wildman–Crippen LogP) is 3.17. The molecule has 3 nitrogen and oxygen atoms in total. The van der Waals surface area contributed by atoms with E-state index in [1.807, 2.05) is 0 Å². The number of sulfonamides is 1. The second-order valence-electron chi connectivity index (χ2n) is 5.29. The molecule has 1 fully saturated rings. The molecule has 0 spiro atoms. The minimum Gasteiger partial charge on any atom is -0.212 e. The largest absolute Gasteiger partial charge is 0.390 e. The summed E-state index contributed by atoms with van der Waals surface area (Å²) in [4.78, 5) is 0. The van der Waals surface area contributed by atoms with E-state index in [0.29, 0.717) is 13.1 Å². The summed E-state index contributed by atoms with van der Waals surface area (Å²) in [6.07, 6.45) is -2.23. The van der Waals surface area contributed by atoms with Crippen LogP contribution >= 0.6 is 0 Å². The van der Waals surface area contributed by atoms with E-state index in [9.17, 15) is 21.6 Å². The number of alkyl halides is 3. The standard InChI is InChI=1S/C12H22F3NO2S/c1-3-11(4-2)5-8-16(9-6-11)19(17,18)10-7-12(13,14)15/h3-10H2,1-2H3. The van der Waals surface area contributed by atoms with E-state index in [1.165, 1.54) is 4.31 Å². The first-order valence-electron chi connectivity index (χ1n) is 6.69. The van der Waals surface area contributed by atoms with Crippen molar-refractivity contribution in [2.45, 2.75) is 52.1 Å². The van der Waals surface area contributed by atoms with Crippen LogP contribution in [-0.4, -0.2) is 37.7 Å². The molecule has 1 heterocycles. The monoisotopic (exact) mass is 301 g/mol. The van der Waals surface area contributed by atoms with Gasteiger partial charge in [0.05, 0.1) is 12.2 Å². The van der Waals surface area contributed by atoms with Crippen LogP contribution in [0.4, 0.5) is 13.2 Å². The van der Waals surface area contributed by atoms with E-state index in [0.717, 1.165) is 25.7 Å². The summed E-state index contributed by atoms with van der Waals surface area (Å²) in [5.74, 6) is -0.832. The molecule has 0 radical (unpaired) electrons. The molecule has 0 bridgehead atoms. The van der Waals surface area contributed by atoms with Gasteiger partial charge in [-0.2, -0.15) is 13.2 Å². The predicted molar refractivity (Wildman–Crippen MR) is 68.3 cm³/mol. The fourth-order valence-electron chi connectivity index (χ4n) is 2.57.